The average molecular weight is 456 g/mol. The molecule has 0 aromatic carbocycles. The normalized spacial score (nSPS) is 20.2. The number of urea groups is 1. The fraction of sp³-hybridized carbons (Fsp3) is 0.682. The van der Waals surface area contributed by atoms with E-state index in [1.165, 1.54) is 6.07 Å². The van der Waals surface area contributed by atoms with E-state index in [-0.39, 0.29) is 12.1 Å². The van der Waals surface area contributed by atoms with Gasteiger partial charge in [0.15, 0.2) is 0 Å². The van der Waals surface area contributed by atoms with Gasteiger partial charge in [0, 0.05) is 59.1 Å². The second-order valence-electron chi connectivity index (χ2n) is 8.88. The first-order valence-corrected chi connectivity index (χ1v) is 11.1. The SMILES string of the molecule is CN(C)C(=O)N1CCC(N(C=O)CCC2CCCN(c3ccc(C(F)(F)F)cn3)C2)CC1. The van der Waals surface area contributed by atoms with Crippen LogP contribution >= 0.6 is 0 Å². The van der Waals surface area contributed by atoms with Crippen molar-refractivity contribution in [2.24, 2.45) is 5.92 Å². The Bertz CT molecular complexity index is 764. The molecule has 0 saturated carbocycles. The maximum Gasteiger partial charge on any atom is 0.417 e. The van der Waals surface area contributed by atoms with Gasteiger partial charge in [0.25, 0.3) is 0 Å². The molecule has 3 rings (SSSR count). The standard InChI is InChI=1S/C22H32F3N5O2/c1-27(2)21(32)28-12-8-19(9-13-28)30(16-31)11-7-17-4-3-10-29(15-17)20-6-5-18(14-26-20)22(23,24)25/h5-6,14,16-17,19H,3-4,7-13,15H2,1-2H3. The van der Waals surface area contributed by atoms with E-state index >= 15 is 0 Å². The molecule has 10 heteroatoms. The smallest absolute Gasteiger partial charge is 0.356 e. The molecule has 0 N–H and O–H groups in total. The number of nitrogens with zero attached hydrogens (tertiary/aromatic N) is 5. The van der Waals surface area contributed by atoms with Gasteiger partial charge in [0.2, 0.25) is 6.41 Å². The Balaban J connectivity index is 1.49. The maximum atomic E-state index is 12.8. The summed E-state index contributed by atoms with van der Waals surface area (Å²) in [4.78, 5) is 35.1. The minimum atomic E-state index is -4.38. The van der Waals surface area contributed by atoms with Crippen LogP contribution in [0.1, 0.15) is 37.7 Å². The fourth-order valence-electron chi connectivity index (χ4n) is 4.57. The van der Waals surface area contributed by atoms with E-state index in [1.807, 2.05) is 14.7 Å². The Kier molecular flexibility index (Phi) is 7.84. The number of pyridine rings is 1. The molecular formula is C22H32F3N5O2. The summed E-state index contributed by atoms with van der Waals surface area (Å²) in [5.41, 5.74) is -0.741. The number of carbonyl (C=O) groups excluding carboxylic acids is 2. The van der Waals surface area contributed by atoms with Crippen molar-refractivity contribution in [3.05, 3.63) is 23.9 Å². The summed E-state index contributed by atoms with van der Waals surface area (Å²) in [5.74, 6) is 0.915. The Morgan fingerprint density at radius 2 is 1.91 bits per heavy atom. The summed E-state index contributed by atoms with van der Waals surface area (Å²) >= 11 is 0. The van der Waals surface area contributed by atoms with Gasteiger partial charge >= 0.3 is 12.2 Å². The van der Waals surface area contributed by atoms with E-state index in [1.54, 1.807) is 19.0 Å². The molecule has 1 atom stereocenters. The lowest BCUT2D eigenvalue weighted by molar-refractivity contribution is -0.137. The molecule has 1 unspecified atom stereocenters. The van der Waals surface area contributed by atoms with Gasteiger partial charge in [-0.1, -0.05) is 0 Å². The van der Waals surface area contributed by atoms with Crippen molar-refractivity contribution in [1.29, 1.82) is 0 Å². The van der Waals surface area contributed by atoms with Crippen LogP contribution in [-0.2, 0) is 11.0 Å². The molecule has 1 aromatic heterocycles. The van der Waals surface area contributed by atoms with Crippen molar-refractivity contribution in [3.8, 4) is 0 Å². The Hall–Kier alpha value is -2.52. The highest BCUT2D eigenvalue weighted by Gasteiger charge is 2.31. The van der Waals surface area contributed by atoms with Crippen LogP contribution in [0.5, 0.6) is 0 Å². The third kappa shape index (κ3) is 6.04. The van der Waals surface area contributed by atoms with Gasteiger partial charge in [-0.25, -0.2) is 9.78 Å². The number of amides is 3. The number of rotatable bonds is 6. The van der Waals surface area contributed by atoms with Crippen molar-refractivity contribution in [2.75, 3.05) is 51.7 Å². The topological polar surface area (TPSA) is 60.0 Å². The van der Waals surface area contributed by atoms with Crippen LogP contribution in [0.15, 0.2) is 18.3 Å². The van der Waals surface area contributed by atoms with Gasteiger partial charge in [-0.15, -0.1) is 0 Å². The number of carbonyl (C=O) groups is 2. The third-order valence-electron chi connectivity index (χ3n) is 6.44. The molecule has 3 amide bonds. The van der Waals surface area contributed by atoms with Crippen LogP contribution in [0.2, 0.25) is 0 Å². The molecule has 0 radical (unpaired) electrons. The van der Waals surface area contributed by atoms with Crippen LogP contribution in [-0.4, -0.2) is 85.0 Å². The monoisotopic (exact) mass is 455 g/mol. The number of alkyl halides is 3. The molecule has 2 saturated heterocycles. The quantitative estimate of drug-likeness (QED) is 0.618. The van der Waals surface area contributed by atoms with Crippen LogP contribution in [0.25, 0.3) is 0 Å². The number of anilines is 1. The van der Waals surface area contributed by atoms with E-state index in [2.05, 4.69) is 4.98 Å². The molecule has 0 spiro atoms. The predicted molar refractivity (Wildman–Crippen MR) is 115 cm³/mol. The van der Waals surface area contributed by atoms with Gasteiger partial charge in [-0.2, -0.15) is 13.2 Å². The van der Waals surface area contributed by atoms with E-state index in [9.17, 15) is 22.8 Å². The van der Waals surface area contributed by atoms with Crippen molar-refractivity contribution in [2.45, 2.75) is 44.3 Å². The lowest BCUT2D eigenvalue weighted by atomic mass is 9.94. The number of aromatic nitrogens is 1. The molecule has 2 aliphatic heterocycles. The molecule has 2 fully saturated rings. The number of likely N-dealkylation sites (tertiary alicyclic amines) is 1. The number of halogens is 3. The van der Waals surface area contributed by atoms with E-state index in [0.29, 0.717) is 31.4 Å². The third-order valence-corrected chi connectivity index (χ3v) is 6.44. The van der Waals surface area contributed by atoms with E-state index < -0.39 is 11.7 Å². The summed E-state index contributed by atoms with van der Waals surface area (Å²) < 4.78 is 38.3. The Morgan fingerprint density at radius 1 is 1.19 bits per heavy atom. The molecule has 2 aliphatic rings. The lowest BCUT2D eigenvalue weighted by Gasteiger charge is -2.39. The zero-order valence-corrected chi connectivity index (χ0v) is 18.7. The zero-order valence-electron chi connectivity index (χ0n) is 18.7. The highest BCUT2D eigenvalue weighted by molar-refractivity contribution is 5.73. The summed E-state index contributed by atoms with van der Waals surface area (Å²) in [5, 5.41) is 0. The highest BCUT2D eigenvalue weighted by atomic mass is 19.4. The van der Waals surface area contributed by atoms with Gasteiger partial charge in [0.1, 0.15) is 5.82 Å². The van der Waals surface area contributed by atoms with Crippen LogP contribution in [0, 0.1) is 5.92 Å². The van der Waals surface area contributed by atoms with E-state index in [4.69, 9.17) is 0 Å². The second kappa shape index (κ2) is 10.4. The first-order valence-electron chi connectivity index (χ1n) is 11.1. The summed E-state index contributed by atoms with van der Waals surface area (Å²) in [6, 6.07) is 2.65. The van der Waals surface area contributed by atoms with Gasteiger partial charge in [0.05, 0.1) is 5.56 Å². The first-order chi connectivity index (χ1) is 15.2. The summed E-state index contributed by atoms with van der Waals surface area (Å²) in [7, 11) is 3.47. The van der Waals surface area contributed by atoms with Crippen molar-refractivity contribution < 1.29 is 22.8 Å². The van der Waals surface area contributed by atoms with Gasteiger partial charge in [-0.3, -0.25) is 4.79 Å². The van der Waals surface area contributed by atoms with E-state index in [0.717, 1.165) is 63.9 Å². The predicted octanol–water partition coefficient (Wildman–Crippen LogP) is 3.31. The minimum Gasteiger partial charge on any atom is -0.356 e. The van der Waals surface area contributed by atoms with Gasteiger partial charge < -0.3 is 19.6 Å². The number of piperidine rings is 2. The molecule has 0 aliphatic carbocycles. The van der Waals surface area contributed by atoms with Gasteiger partial charge in [-0.05, 0) is 50.2 Å². The second-order valence-corrected chi connectivity index (χ2v) is 8.88. The fourth-order valence-corrected chi connectivity index (χ4v) is 4.57. The molecule has 32 heavy (non-hydrogen) atoms. The number of hydrogen-bond acceptors (Lipinski definition) is 4. The molecule has 178 valence electrons. The Morgan fingerprint density at radius 3 is 2.47 bits per heavy atom. The molecule has 1 aromatic rings. The maximum absolute atomic E-state index is 12.8. The average Bonchev–Trinajstić information content (AvgIpc) is 2.79. The molecule has 3 heterocycles. The Labute approximate surface area is 187 Å². The largest absolute Gasteiger partial charge is 0.417 e. The van der Waals surface area contributed by atoms with Crippen LogP contribution in [0.3, 0.4) is 0 Å². The van der Waals surface area contributed by atoms with Crippen molar-refractivity contribution in [1.82, 2.24) is 19.7 Å². The van der Waals surface area contributed by atoms with Crippen LogP contribution in [0.4, 0.5) is 23.8 Å². The highest BCUT2D eigenvalue weighted by Crippen LogP contribution is 2.30. The van der Waals surface area contributed by atoms with Crippen LogP contribution < -0.4 is 4.90 Å². The first kappa shape index (κ1) is 24.1. The molecular weight excluding hydrogens is 423 g/mol. The summed E-state index contributed by atoms with van der Waals surface area (Å²) in [6.07, 6.45) is 1.76. The zero-order chi connectivity index (χ0) is 23.3. The van der Waals surface area contributed by atoms with Crippen molar-refractivity contribution in [3.63, 3.8) is 0 Å². The number of hydrogen-bond donors (Lipinski definition) is 0. The minimum absolute atomic E-state index is 0.000255. The molecule has 7 nitrogen and oxygen atoms in total. The lowest BCUT2D eigenvalue weighted by Crippen LogP contribution is -2.49. The van der Waals surface area contributed by atoms with Crippen molar-refractivity contribution >= 4 is 18.3 Å². The molecule has 0 bridgehead atoms. The summed E-state index contributed by atoms with van der Waals surface area (Å²) in [6.45, 7) is 3.42.